The molecule has 0 saturated heterocycles. The van der Waals surface area contributed by atoms with Crippen LogP contribution in [0.1, 0.15) is 11.3 Å². The number of hydrogen-bond acceptors (Lipinski definition) is 6. The smallest absolute Gasteiger partial charge is 0.274 e. The number of benzene rings is 2. The fourth-order valence-corrected chi connectivity index (χ4v) is 2.16. The molecule has 0 fully saturated rings. The van der Waals surface area contributed by atoms with Crippen molar-refractivity contribution in [1.29, 1.82) is 0 Å². The lowest BCUT2D eigenvalue weighted by Gasteiger charge is -2.05. The van der Waals surface area contributed by atoms with E-state index in [1.807, 2.05) is 30.3 Å². The number of nitro groups is 1. The van der Waals surface area contributed by atoms with E-state index >= 15 is 0 Å². The van der Waals surface area contributed by atoms with Gasteiger partial charge in [0, 0.05) is 24.2 Å². The molecule has 24 heavy (non-hydrogen) atoms. The van der Waals surface area contributed by atoms with Crippen molar-refractivity contribution in [3.63, 3.8) is 0 Å². The molecule has 1 aromatic heterocycles. The zero-order chi connectivity index (χ0) is 16.9. The number of hydrogen-bond donors (Lipinski definition) is 2. The van der Waals surface area contributed by atoms with Crippen LogP contribution in [-0.2, 0) is 6.42 Å². The predicted molar refractivity (Wildman–Crippen MR) is 88.3 cm³/mol. The van der Waals surface area contributed by atoms with Gasteiger partial charge in [0.15, 0.2) is 0 Å². The summed E-state index contributed by atoms with van der Waals surface area (Å²) in [6, 6.07) is 15.4. The first kappa shape index (κ1) is 15.3. The second-order valence-electron chi connectivity index (χ2n) is 5.04. The third kappa shape index (κ3) is 3.61. The Bertz CT molecular complexity index is 924. The Balaban J connectivity index is 1.79. The lowest BCUT2D eigenvalue weighted by atomic mass is 10.1. The van der Waals surface area contributed by atoms with Crippen molar-refractivity contribution in [2.45, 2.75) is 6.42 Å². The van der Waals surface area contributed by atoms with Crippen LogP contribution in [0, 0.1) is 10.1 Å². The van der Waals surface area contributed by atoms with E-state index in [1.54, 1.807) is 6.07 Å². The molecular weight excluding hydrogens is 310 g/mol. The Morgan fingerprint density at radius 3 is 2.58 bits per heavy atom. The molecule has 3 aromatic rings. The van der Waals surface area contributed by atoms with Crippen LogP contribution in [0.25, 0.3) is 0 Å². The highest BCUT2D eigenvalue weighted by atomic mass is 16.6. The highest BCUT2D eigenvalue weighted by molar-refractivity contribution is 5.57. The van der Waals surface area contributed by atoms with E-state index in [2.05, 4.69) is 20.5 Å². The molecule has 120 valence electrons. The van der Waals surface area contributed by atoms with Gasteiger partial charge in [0.2, 0.25) is 5.95 Å². The highest BCUT2D eigenvalue weighted by Gasteiger charge is 2.09. The average Bonchev–Trinajstić information content (AvgIpc) is 2.58. The number of aromatic nitrogens is 3. The SMILES string of the molecule is O=c1[nH]c(Nc2cccc([N+](=O)[O-])c2)nnc1Cc1ccccc1. The van der Waals surface area contributed by atoms with Crippen LogP contribution in [0.15, 0.2) is 59.4 Å². The topological polar surface area (TPSA) is 114 Å². The summed E-state index contributed by atoms with van der Waals surface area (Å²) in [6.45, 7) is 0. The summed E-state index contributed by atoms with van der Waals surface area (Å²) in [5.41, 5.74) is 1.27. The summed E-state index contributed by atoms with van der Waals surface area (Å²) in [6.07, 6.45) is 0.375. The van der Waals surface area contributed by atoms with Crippen molar-refractivity contribution in [3.8, 4) is 0 Å². The van der Waals surface area contributed by atoms with Crippen LogP contribution in [0.4, 0.5) is 17.3 Å². The van der Waals surface area contributed by atoms with Crippen molar-refractivity contribution in [1.82, 2.24) is 15.2 Å². The number of aromatic amines is 1. The average molecular weight is 323 g/mol. The Morgan fingerprint density at radius 2 is 1.88 bits per heavy atom. The third-order valence-corrected chi connectivity index (χ3v) is 3.30. The number of rotatable bonds is 5. The molecule has 8 nitrogen and oxygen atoms in total. The molecule has 0 spiro atoms. The summed E-state index contributed by atoms with van der Waals surface area (Å²) in [5.74, 6) is 0.123. The maximum atomic E-state index is 12.1. The van der Waals surface area contributed by atoms with Gasteiger partial charge in [0.25, 0.3) is 11.2 Å². The monoisotopic (exact) mass is 323 g/mol. The van der Waals surface area contributed by atoms with Gasteiger partial charge in [-0.1, -0.05) is 36.4 Å². The van der Waals surface area contributed by atoms with Crippen molar-refractivity contribution in [2.24, 2.45) is 0 Å². The molecule has 0 aliphatic rings. The highest BCUT2D eigenvalue weighted by Crippen LogP contribution is 2.18. The van der Waals surface area contributed by atoms with E-state index in [0.29, 0.717) is 17.8 Å². The zero-order valence-electron chi connectivity index (χ0n) is 12.5. The van der Waals surface area contributed by atoms with Gasteiger partial charge in [-0.15, -0.1) is 10.2 Å². The molecule has 0 aliphatic heterocycles. The first-order chi connectivity index (χ1) is 11.6. The van der Waals surface area contributed by atoms with Gasteiger partial charge in [-0.3, -0.25) is 19.9 Å². The van der Waals surface area contributed by atoms with Crippen molar-refractivity contribution >= 4 is 17.3 Å². The van der Waals surface area contributed by atoms with Gasteiger partial charge in [0.1, 0.15) is 5.69 Å². The molecule has 0 atom stereocenters. The molecule has 3 rings (SSSR count). The van der Waals surface area contributed by atoms with Crippen LogP contribution in [-0.4, -0.2) is 20.1 Å². The minimum atomic E-state index is -0.497. The number of nitrogens with zero attached hydrogens (tertiary/aromatic N) is 3. The van der Waals surface area contributed by atoms with Crippen LogP contribution in [0.3, 0.4) is 0 Å². The maximum Gasteiger partial charge on any atom is 0.274 e. The number of nitro benzene ring substituents is 1. The molecule has 2 N–H and O–H groups in total. The second kappa shape index (κ2) is 6.69. The maximum absolute atomic E-state index is 12.1. The molecule has 0 unspecified atom stereocenters. The lowest BCUT2D eigenvalue weighted by molar-refractivity contribution is -0.384. The van der Waals surface area contributed by atoms with Gasteiger partial charge < -0.3 is 5.32 Å². The predicted octanol–water partition coefficient (Wildman–Crippen LogP) is 2.41. The normalized spacial score (nSPS) is 10.3. The Labute approximate surface area is 136 Å². The Hall–Kier alpha value is -3.55. The van der Waals surface area contributed by atoms with Gasteiger partial charge in [-0.25, -0.2) is 0 Å². The summed E-state index contributed by atoms with van der Waals surface area (Å²) in [4.78, 5) is 25.0. The van der Waals surface area contributed by atoms with Gasteiger partial charge >= 0.3 is 0 Å². The molecule has 0 saturated carbocycles. The van der Waals surface area contributed by atoms with Crippen LogP contribution in [0.5, 0.6) is 0 Å². The molecule has 0 bridgehead atoms. The fraction of sp³-hybridized carbons (Fsp3) is 0.0625. The van der Waals surface area contributed by atoms with Crippen molar-refractivity contribution < 1.29 is 4.92 Å². The molecule has 1 heterocycles. The first-order valence-electron chi connectivity index (χ1n) is 7.13. The molecule has 0 amide bonds. The standard InChI is InChI=1S/C16H13N5O3/c22-15-14(9-11-5-2-1-3-6-11)19-20-16(18-15)17-12-7-4-8-13(10-12)21(23)24/h1-8,10H,9H2,(H2,17,18,20,22). The van der Waals surface area contributed by atoms with E-state index < -0.39 is 4.92 Å². The van der Waals surface area contributed by atoms with E-state index in [9.17, 15) is 14.9 Å². The summed E-state index contributed by atoms with van der Waals surface area (Å²) in [5, 5.41) is 21.4. The number of anilines is 2. The van der Waals surface area contributed by atoms with Crippen molar-refractivity contribution in [3.05, 3.63) is 86.3 Å². The zero-order valence-corrected chi connectivity index (χ0v) is 12.5. The van der Waals surface area contributed by atoms with Crippen LogP contribution < -0.4 is 10.9 Å². The Kier molecular flexibility index (Phi) is 4.28. The van der Waals surface area contributed by atoms with E-state index in [4.69, 9.17) is 0 Å². The summed E-state index contributed by atoms with van der Waals surface area (Å²) >= 11 is 0. The Morgan fingerprint density at radius 1 is 1.08 bits per heavy atom. The first-order valence-corrected chi connectivity index (χ1v) is 7.13. The molecule has 0 radical (unpaired) electrons. The summed E-state index contributed by atoms with van der Waals surface area (Å²) < 4.78 is 0. The molecule has 8 heteroatoms. The molecule has 0 aliphatic carbocycles. The quantitative estimate of drug-likeness (QED) is 0.550. The minimum Gasteiger partial charge on any atom is -0.324 e. The van der Waals surface area contributed by atoms with E-state index in [-0.39, 0.29) is 17.2 Å². The summed E-state index contributed by atoms with van der Waals surface area (Å²) in [7, 11) is 0. The van der Waals surface area contributed by atoms with Crippen molar-refractivity contribution in [2.75, 3.05) is 5.32 Å². The van der Waals surface area contributed by atoms with Gasteiger partial charge in [-0.2, -0.15) is 0 Å². The number of non-ortho nitro benzene ring substituents is 1. The third-order valence-electron chi connectivity index (χ3n) is 3.30. The van der Waals surface area contributed by atoms with E-state index in [0.717, 1.165) is 5.56 Å². The molecular formula is C16H13N5O3. The van der Waals surface area contributed by atoms with Crippen LogP contribution >= 0.6 is 0 Å². The van der Waals surface area contributed by atoms with Crippen LogP contribution in [0.2, 0.25) is 0 Å². The number of nitrogens with one attached hydrogen (secondary N) is 2. The van der Waals surface area contributed by atoms with Gasteiger partial charge in [-0.05, 0) is 11.6 Å². The number of H-pyrrole nitrogens is 1. The minimum absolute atomic E-state index is 0.0593. The van der Waals surface area contributed by atoms with Gasteiger partial charge in [0.05, 0.1) is 4.92 Å². The molecule has 2 aromatic carbocycles. The second-order valence-corrected chi connectivity index (χ2v) is 5.04. The lowest BCUT2D eigenvalue weighted by Crippen LogP contribution is -2.18. The fourth-order valence-electron chi connectivity index (χ4n) is 2.16. The van der Waals surface area contributed by atoms with E-state index in [1.165, 1.54) is 18.2 Å². The largest absolute Gasteiger partial charge is 0.324 e.